The van der Waals surface area contributed by atoms with Crippen molar-refractivity contribution in [3.63, 3.8) is 0 Å². The monoisotopic (exact) mass is 502 g/mol. The largest absolute Gasteiger partial charge is 0.293 e. The van der Waals surface area contributed by atoms with Crippen molar-refractivity contribution in [2.24, 2.45) is 0 Å². The van der Waals surface area contributed by atoms with E-state index >= 15 is 0 Å². The van der Waals surface area contributed by atoms with Crippen LogP contribution in [-0.2, 0) is 18.6 Å². The Morgan fingerprint density at radius 3 is 2.50 bits per heavy atom. The van der Waals surface area contributed by atoms with Crippen molar-refractivity contribution in [1.29, 1.82) is 0 Å². The van der Waals surface area contributed by atoms with Crippen LogP contribution < -0.4 is 0 Å². The van der Waals surface area contributed by atoms with Gasteiger partial charge in [-0.1, -0.05) is 84.2 Å². The summed E-state index contributed by atoms with van der Waals surface area (Å²) < 4.78 is 2.07. The Bertz CT molecular complexity index is 1480. The van der Waals surface area contributed by atoms with E-state index in [1.165, 1.54) is 40.6 Å². The molecule has 0 spiro atoms. The number of thiophene rings is 1. The average molecular weight is 503 g/mol. The van der Waals surface area contributed by atoms with Gasteiger partial charge in [0.15, 0.2) is 21.7 Å². The zero-order chi connectivity index (χ0) is 22.9. The van der Waals surface area contributed by atoms with E-state index in [1.807, 2.05) is 47.7 Å². The number of aromatic nitrogens is 4. The lowest BCUT2D eigenvalue weighted by Crippen LogP contribution is -2.04. The van der Waals surface area contributed by atoms with E-state index in [0.29, 0.717) is 5.75 Å². The Hall–Kier alpha value is -2.68. The number of nitrogens with zero attached hydrogens (tertiary/aromatic N) is 4. The van der Waals surface area contributed by atoms with E-state index in [1.54, 1.807) is 11.8 Å². The van der Waals surface area contributed by atoms with Crippen molar-refractivity contribution in [3.05, 3.63) is 82.2 Å². The van der Waals surface area contributed by atoms with Gasteiger partial charge in [-0.05, 0) is 36.8 Å². The van der Waals surface area contributed by atoms with Gasteiger partial charge in [0.2, 0.25) is 0 Å². The fourth-order valence-electron chi connectivity index (χ4n) is 4.35. The Morgan fingerprint density at radius 2 is 1.68 bits per heavy atom. The van der Waals surface area contributed by atoms with Gasteiger partial charge < -0.3 is 0 Å². The molecule has 0 aliphatic heterocycles. The van der Waals surface area contributed by atoms with Crippen LogP contribution in [0.3, 0.4) is 0 Å². The number of benzene rings is 2. The van der Waals surface area contributed by atoms with Crippen molar-refractivity contribution in [3.8, 4) is 0 Å². The number of thioether (sulfide) groups is 2. The predicted molar refractivity (Wildman–Crippen MR) is 140 cm³/mol. The first-order valence-corrected chi connectivity index (χ1v) is 14.1. The molecule has 0 bridgehead atoms. The molecule has 0 amide bonds. The second kappa shape index (κ2) is 9.52. The SMILES string of the molecule is O=C(CSc1nnc2c3c4c(sc3nc(SCc3ccccc3)n12)CCCC4)c1ccccc1. The molecule has 1 aliphatic carbocycles. The summed E-state index contributed by atoms with van der Waals surface area (Å²) in [6.45, 7) is 0. The van der Waals surface area contributed by atoms with Crippen molar-refractivity contribution < 1.29 is 4.79 Å². The molecule has 5 nitrogen and oxygen atoms in total. The van der Waals surface area contributed by atoms with E-state index < -0.39 is 0 Å². The molecule has 0 saturated carbocycles. The van der Waals surface area contributed by atoms with E-state index in [0.717, 1.165) is 50.3 Å². The molecule has 34 heavy (non-hydrogen) atoms. The molecule has 8 heteroatoms. The molecule has 0 atom stereocenters. The van der Waals surface area contributed by atoms with E-state index in [2.05, 4.69) is 38.9 Å². The summed E-state index contributed by atoms with van der Waals surface area (Å²) >= 11 is 4.94. The molecule has 3 aromatic heterocycles. The van der Waals surface area contributed by atoms with Gasteiger partial charge in [-0.2, -0.15) is 0 Å². The highest BCUT2D eigenvalue weighted by molar-refractivity contribution is 8.00. The zero-order valence-electron chi connectivity index (χ0n) is 18.4. The standard InChI is InChI=1S/C26H22N4OS3/c31-20(18-11-5-2-6-12-18)16-33-26-29-28-23-22-19-13-7-8-14-21(19)34-24(22)27-25(30(23)26)32-15-17-9-3-1-4-10-17/h1-6,9-12H,7-8,13-16H2. The maximum absolute atomic E-state index is 12.7. The van der Waals surface area contributed by atoms with Crippen LogP contribution >= 0.6 is 34.9 Å². The Labute approximate surface area is 210 Å². The summed E-state index contributed by atoms with van der Waals surface area (Å²) in [4.78, 5) is 20.3. The first-order chi connectivity index (χ1) is 16.8. The molecular weight excluding hydrogens is 481 g/mol. The van der Waals surface area contributed by atoms with E-state index in [9.17, 15) is 4.79 Å². The minimum atomic E-state index is 0.0859. The number of Topliss-reactive ketones (excluding diaryl/α,β-unsaturated/α-hetero) is 1. The number of ketones is 1. The summed E-state index contributed by atoms with van der Waals surface area (Å²) in [7, 11) is 0. The summed E-state index contributed by atoms with van der Waals surface area (Å²) in [5, 5.41) is 11.9. The molecule has 5 aromatic rings. The molecule has 2 aromatic carbocycles. The number of rotatable bonds is 7. The summed E-state index contributed by atoms with van der Waals surface area (Å²) in [5.41, 5.74) is 4.23. The molecule has 0 N–H and O–H groups in total. The van der Waals surface area contributed by atoms with Gasteiger partial charge in [0.1, 0.15) is 4.83 Å². The number of hydrogen-bond acceptors (Lipinski definition) is 7. The van der Waals surface area contributed by atoms with Crippen LogP contribution in [0, 0.1) is 0 Å². The first-order valence-electron chi connectivity index (χ1n) is 11.3. The lowest BCUT2D eigenvalue weighted by molar-refractivity contribution is 0.102. The first kappa shape index (κ1) is 21.8. The number of carbonyl (C=O) groups is 1. The molecule has 3 heterocycles. The van der Waals surface area contributed by atoms with Crippen molar-refractivity contribution in [2.45, 2.75) is 41.7 Å². The minimum Gasteiger partial charge on any atom is -0.293 e. The third kappa shape index (κ3) is 4.15. The van der Waals surface area contributed by atoms with Crippen LogP contribution in [0.4, 0.5) is 0 Å². The zero-order valence-corrected chi connectivity index (χ0v) is 20.9. The number of hydrogen-bond donors (Lipinski definition) is 0. The Balaban J connectivity index is 1.40. The minimum absolute atomic E-state index is 0.0859. The highest BCUT2D eigenvalue weighted by Gasteiger charge is 2.24. The molecule has 1 aliphatic rings. The topological polar surface area (TPSA) is 60.2 Å². The molecular formula is C26H22N4OS3. The Morgan fingerprint density at radius 1 is 0.912 bits per heavy atom. The van der Waals surface area contributed by atoms with Crippen molar-refractivity contribution in [2.75, 3.05) is 5.75 Å². The van der Waals surface area contributed by atoms with Crippen LogP contribution in [0.25, 0.3) is 15.9 Å². The third-order valence-corrected chi connectivity index (χ3v) is 9.16. The molecule has 6 rings (SSSR count). The lowest BCUT2D eigenvalue weighted by Gasteiger charge is -2.11. The second-order valence-corrected chi connectivity index (χ2v) is 11.2. The third-order valence-electron chi connectivity index (χ3n) is 6.04. The van der Waals surface area contributed by atoms with Crippen LogP contribution in [-0.4, -0.2) is 31.1 Å². The normalized spacial score (nSPS) is 13.4. The van der Waals surface area contributed by atoms with E-state index in [-0.39, 0.29) is 5.78 Å². The van der Waals surface area contributed by atoms with Gasteiger partial charge in [0.05, 0.1) is 11.1 Å². The van der Waals surface area contributed by atoms with E-state index in [4.69, 9.17) is 4.98 Å². The number of fused-ring (bicyclic) bond motifs is 5. The summed E-state index contributed by atoms with van der Waals surface area (Å²) in [5.74, 6) is 1.21. The van der Waals surface area contributed by atoms with Crippen LogP contribution in [0.5, 0.6) is 0 Å². The number of carbonyl (C=O) groups excluding carboxylic acids is 1. The lowest BCUT2D eigenvalue weighted by atomic mass is 9.97. The van der Waals surface area contributed by atoms with Crippen molar-refractivity contribution in [1.82, 2.24) is 19.6 Å². The van der Waals surface area contributed by atoms with Gasteiger partial charge >= 0.3 is 0 Å². The predicted octanol–water partition coefficient (Wildman–Crippen LogP) is 6.49. The van der Waals surface area contributed by atoms with Gasteiger partial charge in [0, 0.05) is 16.2 Å². The van der Waals surface area contributed by atoms with Crippen LogP contribution in [0.2, 0.25) is 0 Å². The fraction of sp³-hybridized carbons (Fsp3) is 0.231. The fourth-order valence-corrected chi connectivity index (χ4v) is 7.50. The highest BCUT2D eigenvalue weighted by Crippen LogP contribution is 2.40. The maximum atomic E-state index is 12.7. The molecule has 170 valence electrons. The average Bonchev–Trinajstić information content (AvgIpc) is 3.48. The van der Waals surface area contributed by atoms with Gasteiger partial charge in [-0.3, -0.25) is 4.79 Å². The molecule has 0 saturated heterocycles. The molecule has 0 radical (unpaired) electrons. The van der Waals surface area contributed by atoms with Crippen LogP contribution in [0.15, 0.2) is 71.0 Å². The Kier molecular flexibility index (Phi) is 6.11. The summed E-state index contributed by atoms with van der Waals surface area (Å²) in [6.07, 6.45) is 4.64. The van der Waals surface area contributed by atoms with Gasteiger partial charge in [0.25, 0.3) is 0 Å². The van der Waals surface area contributed by atoms with Gasteiger partial charge in [-0.25, -0.2) is 9.38 Å². The van der Waals surface area contributed by atoms with Crippen LogP contribution in [0.1, 0.15) is 39.2 Å². The number of aryl methyl sites for hydroxylation is 2. The summed E-state index contributed by atoms with van der Waals surface area (Å²) in [6, 6.07) is 19.8. The van der Waals surface area contributed by atoms with Gasteiger partial charge in [-0.15, -0.1) is 21.5 Å². The molecule has 0 unspecified atom stereocenters. The highest BCUT2D eigenvalue weighted by atomic mass is 32.2. The van der Waals surface area contributed by atoms with Crippen molar-refractivity contribution >= 4 is 56.5 Å². The quantitative estimate of drug-likeness (QED) is 0.144. The maximum Gasteiger partial charge on any atom is 0.198 e. The smallest absolute Gasteiger partial charge is 0.198 e. The second-order valence-electron chi connectivity index (χ2n) is 8.28. The molecule has 0 fully saturated rings.